The molecule has 12 heteroatoms. The number of hydrogen-bond donors (Lipinski definition) is 1. The Hall–Kier alpha value is -3.80. The van der Waals surface area contributed by atoms with Gasteiger partial charge in [0.25, 0.3) is 11.6 Å². The summed E-state index contributed by atoms with van der Waals surface area (Å²) in [7, 11) is -1.66. The number of hydrogen-bond acceptors (Lipinski definition) is 8. The van der Waals surface area contributed by atoms with Gasteiger partial charge in [0, 0.05) is 12.1 Å². The summed E-state index contributed by atoms with van der Waals surface area (Å²) >= 11 is 0. The van der Waals surface area contributed by atoms with Crippen molar-refractivity contribution in [2.24, 2.45) is 0 Å². The molecular formula is C23H23N3O8S. The van der Waals surface area contributed by atoms with E-state index in [0.717, 1.165) is 0 Å². The first-order chi connectivity index (χ1) is 16.6. The molecule has 0 radical (unpaired) electrons. The first-order valence-corrected chi connectivity index (χ1v) is 11.9. The normalized spacial score (nSPS) is 24.2. The van der Waals surface area contributed by atoms with E-state index in [-0.39, 0.29) is 18.9 Å². The van der Waals surface area contributed by atoms with Gasteiger partial charge in [0.1, 0.15) is 29.8 Å². The number of non-ortho nitro benzene ring substituents is 1. The van der Waals surface area contributed by atoms with Crippen molar-refractivity contribution in [2.75, 3.05) is 6.61 Å². The Kier molecular flexibility index (Phi) is 6.57. The van der Waals surface area contributed by atoms with Crippen LogP contribution in [-0.2, 0) is 36.5 Å². The number of nitrogens with zero attached hydrogens (tertiary/aromatic N) is 2. The number of β-lactam (4-membered cyclic amide) rings is 1. The van der Waals surface area contributed by atoms with Crippen LogP contribution in [0.3, 0.4) is 0 Å². The van der Waals surface area contributed by atoms with E-state index >= 15 is 0 Å². The molecule has 0 saturated carbocycles. The molecule has 0 bridgehead atoms. The van der Waals surface area contributed by atoms with E-state index in [1.54, 1.807) is 44.2 Å². The average Bonchev–Trinajstić information content (AvgIpc) is 3.03. The number of carbonyl (C=O) groups is 3. The maximum atomic E-state index is 13.2. The molecule has 0 unspecified atom stereocenters. The summed E-state index contributed by atoms with van der Waals surface area (Å²) < 4.78 is 22.8. The molecule has 35 heavy (non-hydrogen) atoms. The highest BCUT2D eigenvalue weighted by Crippen LogP contribution is 2.43. The Balaban J connectivity index is 1.38. The number of nitro benzene ring substituents is 1. The van der Waals surface area contributed by atoms with Gasteiger partial charge in [-0.3, -0.25) is 23.9 Å². The number of carbonyl (C=O) groups excluding carboxylic acids is 3. The SMILES string of the molecule is CC1(C)[C@H](C(=O)OCc2ccc([N+](=O)[O-])cc2)N2C(=O)[C@@H](NC(=O)COc3ccccc3)[C@H]2[S@]1=O. The number of para-hydroxylation sites is 1. The summed E-state index contributed by atoms with van der Waals surface area (Å²) in [4.78, 5) is 49.5. The van der Waals surface area contributed by atoms with Crippen molar-refractivity contribution in [3.05, 3.63) is 70.3 Å². The number of esters is 1. The van der Waals surface area contributed by atoms with Crippen molar-refractivity contribution < 1.29 is 33.0 Å². The third-order valence-corrected chi connectivity index (χ3v) is 8.13. The summed E-state index contributed by atoms with van der Waals surface area (Å²) in [5.41, 5.74) is 0.430. The van der Waals surface area contributed by atoms with Crippen LogP contribution in [0.2, 0.25) is 0 Å². The zero-order chi connectivity index (χ0) is 25.3. The fraction of sp³-hybridized carbons (Fsp3) is 0.348. The fourth-order valence-electron chi connectivity index (χ4n) is 4.10. The Morgan fingerprint density at radius 1 is 1.14 bits per heavy atom. The maximum Gasteiger partial charge on any atom is 0.330 e. The highest BCUT2D eigenvalue weighted by atomic mass is 32.2. The molecule has 2 aromatic rings. The molecule has 2 aliphatic rings. The Morgan fingerprint density at radius 2 is 1.80 bits per heavy atom. The van der Waals surface area contributed by atoms with E-state index < -0.39 is 55.7 Å². The Bertz CT molecular complexity index is 1190. The van der Waals surface area contributed by atoms with Crippen LogP contribution in [0.15, 0.2) is 54.6 Å². The van der Waals surface area contributed by atoms with Gasteiger partial charge in [0.2, 0.25) is 5.91 Å². The number of amides is 2. The van der Waals surface area contributed by atoms with Crippen LogP contribution >= 0.6 is 0 Å². The molecule has 1 N–H and O–H groups in total. The number of rotatable bonds is 8. The lowest BCUT2D eigenvalue weighted by Gasteiger charge is -2.43. The number of fused-ring (bicyclic) bond motifs is 1. The Morgan fingerprint density at radius 3 is 2.43 bits per heavy atom. The van der Waals surface area contributed by atoms with E-state index in [0.29, 0.717) is 11.3 Å². The van der Waals surface area contributed by atoms with Gasteiger partial charge in [-0.05, 0) is 43.7 Å². The second kappa shape index (κ2) is 9.45. The number of nitro groups is 1. The van der Waals surface area contributed by atoms with E-state index in [1.165, 1.54) is 29.2 Å². The van der Waals surface area contributed by atoms with Crippen molar-refractivity contribution in [3.8, 4) is 5.75 Å². The number of benzene rings is 2. The number of ether oxygens (including phenoxy) is 2. The van der Waals surface area contributed by atoms with Crippen LogP contribution in [-0.4, -0.2) is 60.6 Å². The summed E-state index contributed by atoms with van der Waals surface area (Å²) in [5, 5.41) is 12.5. The summed E-state index contributed by atoms with van der Waals surface area (Å²) in [6.07, 6.45) is 0. The minimum Gasteiger partial charge on any atom is -0.484 e. The Labute approximate surface area is 203 Å². The zero-order valence-electron chi connectivity index (χ0n) is 18.9. The van der Waals surface area contributed by atoms with Crippen LogP contribution in [0.4, 0.5) is 5.69 Å². The first-order valence-electron chi connectivity index (χ1n) is 10.7. The third-order valence-electron chi connectivity index (χ3n) is 5.94. The molecule has 2 fully saturated rings. The van der Waals surface area contributed by atoms with E-state index in [4.69, 9.17) is 9.47 Å². The van der Waals surface area contributed by atoms with Crippen molar-refractivity contribution in [1.82, 2.24) is 10.2 Å². The second-order valence-corrected chi connectivity index (χ2v) is 10.7. The van der Waals surface area contributed by atoms with Crippen molar-refractivity contribution >= 4 is 34.3 Å². The lowest BCUT2D eigenvalue weighted by Crippen LogP contribution is -2.71. The standard InChI is InChI=1S/C23H23N3O8S/c1-23(2)19(22(29)34-12-14-8-10-15(11-9-14)26(30)31)25-20(28)18(21(25)35(23)32)24-17(27)13-33-16-6-4-3-5-7-16/h3-11,18-19,21H,12-13H2,1-2H3,(H,24,27)/t18-,19+,21-,35-/m1/s1. The molecule has 184 valence electrons. The van der Waals surface area contributed by atoms with Crippen LogP contribution in [0, 0.1) is 10.1 Å². The lowest BCUT2D eigenvalue weighted by atomic mass is 9.96. The number of nitrogens with one attached hydrogen (secondary N) is 1. The monoisotopic (exact) mass is 501 g/mol. The maximum absolute atomic E-state index is 13.2. The van der Waals surface area contributed by atoms with Crippen molar-refractivity contribution in [1.29, 1.82) is 0 Å². The van der Waals surface area contributed by atoms with E-state index in [9.17, 15) is 28.7 Å². The molecule has 0 aliphatic carbocycles. The molecule has 2 aromatic carbocycles. The van der Waals surface area contributed by atoms with Crippen LogP contribution in [0.25, 0.3) is 0 Å². The second-order valence-electron chi connectivity index (χ2n) is 8.62. The van der Waals surface area contributed by atoms with Crippen molar-refractivity contribution in [2.45, 2.75) is 42.7 Å². The molecule has 0 aromatic heterocycles. The molecule has 2 saturated heterocycles. The zero-order valence-corrected chi connectivity index (χ0v) is 19.7. The lowest BCUT2D eigenvalue weighted by molar-refractivity contribution is -0.384. The van der Waals surface area contributed by atoms with Gasteiger partial charge in [-0.15, -0.1) is 0 Å². The molecule has 11 nitrogen and oxygen atoms in total. The topological polar surface area (TPSA) is 145 Å². The van der Waals surface area contributed by atoms with Gasteiger partial charge in [0.05, 0.1) is 20.5 Å². The highest BCUT2D eigenvalue weighted by molar-refractivity contribution is 7.87. The predicted molar refractivity (Wildman–Crippen MR) is 123 cm³/mol. The third kappa shape index (κ3) is 4.61. The molecule has 2 heterocycles. The molecule has 2 amide bonds. The average molecular weight is 502 g/mol. The van der Waals surface area contributed by atoms with Gasteiger partial charge in [0.15, 0.2) is 6.61 Å². The van der Waals surface area contributed by atoms with Crippen LogP contribution in [0.5, 0.6) is 5.75 Å². The summed E-state index contributed by atoms with van der Waals surface area (Å²) in [5.74, 6) is -1.33. The summed E-state index contributed by atoms with van der Waals surface area (Å²) in [6.45, 7) is 2.71. The van der Waals surface area contributed by atoms with Crippen LogP contribution < -0.4 is 10.1 Å². The minimum atomic E-state index is -1.66. The summed E-state index contributed by atoms with van der Waals surface area (Å²) in [6, 6.07) is 12.1. The largest absolute Gasteiger partial charge is 0.484 e. The van der Waals surface area contributed by atoms with E-state index in [1.807, 2.05) is 0 Å². The fourth-order valence-corrected chi connectivity index (χ4v) is 6.02. The van der Waals surface area contributed by atoms with E-state index in [2.05, 4.69) is 5.32 Å². The molecular weight excluding hydrogens is 478 g/mol. The van der Waals surface area contributed by atoms with Crippen LogP contribution in [0.1, 0.15) is 19.4 Å². The molecule has 4 rings (SSSR count). The molecule has 2 aliphatic heterocycles. The molecule has 4 atom stereocenters. The minimum absolute atomic E-state index is 0.0938. The smallest absolute Gasteiger partial charge is 0.330 e. The first kappa shape index (κ1) is 24.3. The predicted octanol–water partition coefficient (Wildman–Crippen LogP) is 1.28. The highest BCUT2D eigenvalue weighted by Gasteiger charge is 2.68. The van der Waals surface area contributed by atoms with Gasteiger partial charge in [-0.2, -0.15) is 0 Å². The van der Waals surface area contributed by atoms with Gasteiger partial charge >= 0.3 is 5.97 Å². The van der Waals surface area contributed by atoms with Gasteiger partial charge in [-0.25, -0.2) is 4.79 Å². The quantitative estimate of drug-likeness (QED) is 0.246. The van der Waals surface area contributed by atoms with Gasteiger partial charge in [-0.1, -0.05) is 18.2 Å². The van der Waals surface area contributed by atoms with Crippen molar-refractivity contribution in [3.63, 3.8) is 0 Å². The van der Waals surface area contributed by atoms with Gasteiger partial charge < -0.3 is 19.7 Å². The molecule has 0 spiro atoms.